The molecule has 3 aromatic rings. The Hall–Kier alpha value is -1.81. The molecule has 0 aliphatic heterocycles. The fraction of sp³-hybridized carbons (Fsp3) is 0.0714. The summed E-state index contributed by atoms with van der Waals surface area (Å²) < 4.78 is 7.29. The van der Waals surface area contributed by atoms with Gasteiger partial charge in [0.25, 0.3) is 0 Å². The molecule has 0 saturated carbocycles. The van der Waals surface area contributed by atoms with Gasteiger partial charge in [-0.15, -0.1) is 11.3 Å². The first-order chi connectivity index (χ1) is 8.72. The molecule has 0 saturated heterocycles. The molecule has 0 N–H and O–H groups in total. The Labute approximate surface area is 109 Å². The van der Waals surface area contributed by atoms with Gasteiger partial charge in [0.05, 0.1) is 4.70 Å². The van der Waals surface area contributed by atoms with Gasteiger partial charge in [0.1, 0.15) is 5.75 Å². The number of aryl methyl sites for hydroxylation is 1. The third-order valence-corrected chi connectivity index (χ3v) is 4.31. The predicted molar refractivity (Wildman–Crippen MR) is 79.5 cm³/mol. The molecule has 0 spiro atoms. The molecule has 0 bridgehead atoms. The first-order valence-electron chi connectivity index (χ1n) is 5.71. The van der Waals surface area contributed by atoms with E-state index in [1.165, 1.54) is 0 Å². The van der Waals surface area contributed by atoms with E-state index in [0.717, 1.165) is 31.5 Å². The fourth-order valence-electron chi connectivity index (χ4n) is 2.19. The maximum Gasteiger partial charge on any atom is 0.322 e. The SMILES string of the molecule is BOc1ccc(C)c2c(=O)c3ccccc3sc12. The number of hydrogen-bond donors (Lipinski definition) is 0. The maximum absolute atomic E-state index is 12.5. The van der Waals surface area contributed by atoms with Gasteiger partial charge in [0, 0.05) is 15.5 Å². The zero-order valence-corrected chi connectivity index (χ0v) is 11.0. The van der Waals surface area contributed by atoms with Crippen LogP contribution in [0.25, 0.3) is 20.2 Å². The highest BCUT2D eigenvalue weighted by Gasteiger charge is 2.11. The van der Waals surface area contributed by atoms with Gasteiger partial charge in [-0.05, 0) is 30.7 Å². The van der Waals surface area contributed by atoms with Crippen molar-refractivity contribution in [3.63, 3.8) is 0 Å². The summed E-state index contributed by atoms with van der Waals surface area (Å²) in [5.74, 6) is 0.767. The average Bonchev–Trinajstić information content (AvgIpc) is 2.39. The van der Waals surface area contributed by atoms with Gasteiger partial charge in [-0.1, -0.05) is 18.2 Å². The van der Waals surface area contributed by atoms with Crippen LogP contribution in [0.15, 0.2) is 41.2 Å². The van der Waals surface area contributed by atoms with Crippen molar-refractivity contribution in [3.05, 3.63) is 52.2 Å². The first-order valence-corrected chi connectivity index (χ1v) is 6.53. The molecule has 4 heteroatoms. The Morgan fingerprint density at radius 1 is 1.17 bits per heavy atom. The molecule has 3 rings (SSSR count). The lowest BCUT2D eigenvalue weighted by molar-refractivity contribution is 0.625. The topological polar surface area (TPSA) is 26.3 Å². The van der Waals surface area contributed by atoms with Crippen LogP contribution in [-0.2, 0) is 0 Å². The molecule has 1 heterocycles. The van der Waals surface area contributed by atoms with Crippen LogP contribution in [-0.4, -0.2) is 8.05 Å². The molecule has 18 heavy (non-hydrogen) atoms. The molecule has 0 radical (unpaired) electrons. The highest BCUT2D eigenvalue weighted by atomic mass is 32.1. The minimum atomic E-state index is 0.0933. The summed E-state index contributed by atoms with van der Waals surface area (Å²) in [6.07, 6.45) is 0. The van der Waals surface area contributed by atoms with Crippen molar-refractivity contribution < 1.29 is 4.65 Å². The molecule has 2 aromatic carbocycles. The van der Waals surface area contributed by atoms with Crippen molar-refractivity contribution in [2.75, 3.05) is 0 Å². The van der Waals surface area contributed by atoms with E-state index < -0.39 is 0 Å². The third kappa shape index (κ3) is 1.53. The molecule has 0 amide bonds. The summed E-state index contributed by atoms with van der Waals surface area (Å²) in [5.41, 5.74) is 1.09. The van der Waals surface area contributed by atoms with E-state index in [1.54, 1.807) is 19.4 Å². The van der Waals surface area contributed by atoms with E-state index in [0.29, 0.717) is 0 Å². The quantitative estimate of drug-likeness (QED) is 0.493. The van der Waals surface area contributed by atoms with E-state index >= 15 is 0 Å². The van der Waals surface area contributed by atoms with Crippen molar-refractivity contribution in [1.82, 2.24) is 0 Å². The molecular formula is C14H11BO2S. The molecular weight excluding hydrogens is 243 g/mol. The van der Waals surface area contributed by atoms with Gasteiger partial charge in [0.2, 0.25) is 0 Å². The minimum Gasteiger partial charge on any atom is -0.567 e. The van der Waals surface area contributed by atoms with Crippen LogP contribution in [0.4, 0.5) is 0 Å². The molecule has 0 unspecified atom stereocenters. The lowest BCUT2D eigenvalue weighted by atomic mass is 10.1. The number of benzene rings is 2. The minimum absolute atomic E-state index is 0.0933. The molecule has 2 nitrogen and oxygen atoms in total. The van der Waals surface area contributed by atoms with Crippen LogP contribution >= 0.6 is 11.3 Å². The summed E-state index contributed by atoms with van der Waals surface area (Å²) in [6.45, 7) is 1.96. The van der Waals surface area contributed by atoms with Gasteiger partial charge in [0.15, 0.2) is 5.43 Å². The largest absolute Gasteiger partial charge is 0.567 e. The smallest absolute Gasteiger partial charge is 0.322 e. The number of rotatable bonds is 1. The zero-order valence-electron chi connectivity index (χ0n) is 10.2. The Bertz CT molecular complexity index is 808. The van der Waals surface area contributed by atoms with Crippen molar-refractivity contribution in [3.8, 4) is 5.75 Å². The van der Waals surface area contributed by atoms with Crippen LogP contribution < -0.4 is 10.1 Å². The van der Waals surface area contributed by atoms with Gasteiger partial charge in [-0.25, -0.2) is 0 Å². The summed E-state index contributed by atoms with van der Waals surface area (Å²) in [4.78, 5) is 12.5. The second-order valence-electron chi connectivity index (χ2n) is 4.22. The Morgan fingerprint density at radius 3 is 2.72 bits per heavy atom. The molecule has 88 valence electrons. The highest BCUT2D eigenvalue weighted by molar-refractivity contribution is 7.24. The molecule has 0 atom stereocenters. The van der Waals surface area contributed by atoms with Crippen LogP contribution in [0.2, 0.25) is 0 Å². The van der Waals surface area contributed by atoms with Gasteiger partial charge >= 0.3 is 8.05 Å². The van der Waals surface area contributed by atoms with E-state index in [2.05, 4.69) is 0 Å². The molecule has 0 aliphatic carbocycles. The standard InChI is InChI=1S/C14H11BO2S/c1-8-6-7-10(17-15)14-12(8)13(16)9-4-2-3-5-11(9)18-14/h2-7H,15H2,1H3. The third-order valence-electron chi connectivity index (χ3n) is 3.12. The van der Waals surface area contributed by atoms with Crippen LogP contribution in [0.5, 0.6) is 5.75 Å². The normalized spacial score (nSPS) is 10.9. The number of hydrogen-bond acceptors (Lipinski definition) is 3. The Morgan fingerprint density at radius 2 is 1.94 bits per heavy atom. The lowest BCUT2D eigenvalue weighted by Gasteiger charge is -2.08. The van der Waals surface area contributed by atoms with Crippen LogP contribution in [0, 0.1) is 6.92 Å². The highest BCUT2D eigenvalue weighted by Crippen LogP contribution is 2.33. The Balaban J connectivity index is 2.63. The second-order valence-corrected chi connectivity index (χ2v) is 5.27. The monoisotopic (exact) mass is 254 g/mol. The summed E-state index contributed by atoms with van der Waals surface area (Å²) in [7, 11) is 1.64. The first kappa shape index (κ1) is 11.3. The summed E-state index contributed by atoms with van der Waals surface area (Å²) in [5, 5.41) is 1.56. The number of fused-ring (bicyclic) bond motifs is 2. The predicted octanol–water partition coefficient (Wildman–Crippen LogP) is 2.65. The van der Waals surface area contributed by atoms with Gasteiger partial charge in [-0.3, -0.25) is 4.79 Å². The van der Waals surface area contributed by atoms with Crippen LogP contribution in [0.1, 0.15) is 5.56 Å². The second kappa shape index (κ2) is 4.14. The Kier molecular flexibility index (Phi) is 2.60. The summed E-state index contributed by atoms with van der Waals surface area (Å²) in [6, 6.07) is 11.6. The van der Waals surface area contributed by atoms with Crippen molar-refractivity contribution in [1.29, 1.82) is 0 Å². The van der Waals surface area contributed by atoms with E-state index in [1.807, 2.05) is 43.3 Å². The van der Waals surface area contributed by atoms with Crippen molar-refractivity contribution in [2.45, 2.75) is 6.92 Å². The summed E-state index contributed by atoms with van der Waals surface area (Å²) >= 11 is 1.61. The molecule has 0 fully saturated rings. The van der Waals surface area contributed by atoms with E-state index in [4.69, 9.17) is 4.65 Å². The lowest BCUT2D eigenvalue weighted by Crippen LogP contribution is -2.03. The van der Waals surface area contributed by atoms with Gasteiger partial charge in [-0.2, -0.15) is 0 Å². The average molecular weight is 254 g/mol. The fourth-order valence-corrected chi connectivity index (χ4v) is 3.44. The van der Waals surface area contributed by atoms with Crippen LogP contribution in [0.3, 0.4) is 0 Å². The molecule has 1 aromatic heterocycles. The van der Waals surface area contributed by atoms with Gasteiger partial charge < -0.3 is 4.65 Å². The van der Waals surface area contributed by atoms with E-state index in [9.17, 15) is 4.79 Å². The van der Waals surface area contributed by atoms with Crippen molar-refractivity contribution >= 4 is 39.6 Å². The maximum atomic E-state index is 12.5. The van der Waals surface area contributed by atoms with Crippen molar-refractivity contribution in [2.24, 2.45) is 0 Å². The van der Waals surface area contributed by atoms with E-state index in [-0.39, 0.29) is 5.43 Å². The zero-order chi connectivity index (χ0) is 12.7. The molecule has 0 aliphatic rings.